The highest BCUT2D eigenvalue weighted by atomic mass is 35.5. The minimum Gasteiger partial charge on any atom is -0.481 e. The molecule has 3 rings (SSSR count). The Balaban J connectivity index is 2.14. The van der Waals surface area contributed by atoms with Crippen LogP contribution in [0.4, 0.5) is 11.5 Å². The van der Waals surface area contributed by atoms with Gasteiger partial charge < -0.3 is 5.11 Å². The van der Waals surface area contributed by atoms with Gasteiger partial charge in [0.05, 0.1) is 22.8 Å². The number of aromatic nitrogens is 2. The van der Waals surface area contributed by atoms with Gasteiger partial charge in [-0.25, -0.2) is 4.98 Å². The molecule has 128 valence electrons. The first-order valence-corrected chi connectivity index (χ1v) is 8.26. The van der Waals surface area contributed by atoms with Crippen LogP contribution in [0.25, 0.3) is 5.65 Å². The Kier molecular flexibility index (Phi) is 4.81. The maximum Gasteiger partial charge on any atom is 0.309 e. The van der Waals surface area contributed by atoms with Crippen molar-refractivity contribution in [2.45, 2.75) is 26.7 Å². The number of azo groups is 1. The molecule has 0 aliphatic heterocycles. The summed E-state index contributed by atoms with van der Waals surface area (Å²) in [5.41, 5.74) is 3.81. The van der Waals surface area contributed by atoms with Crippen LogP contribution < -0.4 is 0 Å². The third kappa shape index (κ3) is 3.53. The number of pyridine rings is 1. The minimum absolute atomic E-state index is 0.234. The number of hydrogen-bond donors (Lipinski definition) is 1. The largest absolute Gasteiger partial charge is 0.481 e. The van der Waals surface area contributed by atoms with Crippen molar-refractivity contribution in [3.8, 4) is 0 Å². The summed E-state index contributed by atoms with van der Waals surface area (Å²) in [7, 11) is 0. The van der Waals surface area contributed by atoms with Crippen molar-refractivity contribution in [2.24, 2.45) is 10.2 Å². The van der Waals surface area contributed by atoms with Crippen molar-refractivity contribution in [3.05, 3.63) is 58.4 Å². The third-order valence-electron chi connectivity index (χ3n) is 3.89. The van der Waals surface area contributed by atoms with Crippen LogP contribution in [-0.2, 0) is 17.6 Å². The van der Waals surface area contributed by atoms with Gasteiger partial charge in [0.25, 0.3) is 0 Å². The molecular formula is C18H17ClN4O2. The summed E-state index contributed by atoms with van der Waals surface area (Å²) in [4.78, 5) is 15.5. The Morgan fingerprint density at radius 2 is 2.08 bits per heavy atom. The van der Waals surface area contributed by atoms with Crippen molar-refractivity contribution < 1.29 is 9.90 Å². The molecule has 0 saturated carbocycles. The standard InChI is InChI=1S/C18H17ClN4O2/c1-3-12-6-4-5-11(2)17(12)21-22-18-14(9-16(24)25)20-15-8-7-13(19)10-23(15)18/h4-8,10H,3,9H2,1-2H3,(H,24,25). The van der Waals surface area contributed by atoms with E-state index < -0.39 is 5.97 Å². The lowest BCUT2D eigenvalue weighted by atomic mass is 10.1. The number of imidazole rings is 1. The number of carbonyl (C=O) groups is 1. The molecule has 1 N–H and O–H groups in total. The molecule has 0 atom stereocenters. The van der Waals surface area contributed by atoms with E-state index in [2.05, 4.69) is 22.1 Å². The lowest BCUT2D eigenvalue weighted by Crippen LogP contribution is -2.00. The number of carboxylic acid groups (broad SMARTS) is 1. The summed E-state index contributed by atoms with van der Waals surface area (Å²) < 4.78 is 1.66. The van der Waals surface area contributed by atoms with E-state index >= 15 is 0 Å². The third-order valence-corrected chi connectivity index (χ3v) is 4.12. The highest BCUT2D eigenvalue weighted by Crippen LogP contribution is 2.29. The van der Waals surface area contributed by atoms with Gasteiger partial charge in [0.2, 0.25) is 0 Å². The Hall–Kier alpha value is -2.73. The van der Waals surface area contributed by atoms with Gasteiger partial charge >= 0.3 is 5.97 Å². The Labute approximate surface area is 149 Å². The van der Waals surface area contributed by atoms with E-state index in [4.69, 9.17) is 16.7 Å². The van der Waals surface area contributed by atoms with Crippen LogP contribution in [-0.4, -0.2) is 20.5 Å². The van der Waals surface area contributed by atoms with E-state index in [9.17, 15) is 4.79 Å². The number of aliphatic carboxylic acids is 1. The summed E-state index contributed by atoms with van der Waals surface area (Å²) in [5, 5.41) is 18.4. The first kappa shape index (κ1) is 17.1. The Bertz CT molecular complexity index is 979. The average molecular weight is 357 g/mol. The molecule has 0 spiro atoms. The van der Waals surface area contributed by atoms with E-state index in [1.165, 1.54) is 0 Å². The zero-order valence-corrected chi connectivity index (χ0v) is 14.7. The molecule has 0 aliphatic rings. The summed E-state index contributed by atoms with van der Waals surface area (Å²) in [5.74, 6) is -0.596. The second-order valence-electron chi connectivity index (χ2n) is 5.66. The lowest BCUT2D eigenvalue weighted by molar-refractivity contribution is -0.136. The van der Waals surface area contributed by atoms with Gasteiger partial charge in [-0.15, -0.1) is 10.2 Å². The Morgan fingerprint density at radius 1 is 1.28 bits per heavy atom. The highest BCUT2D eigenvalue weighted by Gasteiger charge is 2.15. The molecule has 0 amide bonds. The maximum absolute atomic E-state index is 11.1. The lowest BCUT2D eigenvalue weighted by Gasteiger charge is -2.05. The van der Waals surface area contributed by atoms with Gasteiger partial charge in [-0.3, -0.25) is 9.20 Å². The number of carboxylic acids is 1. The van der Waals surface area contributed by atoms with Crippen LogP contribution in [0.1, 0.15) is 23.7 Å². The summed E-state index contributed by atoms with van der Waals surface area (Å²) in [6.45, 7) is 4.02. The molecule has 0 aliphatic carbocycles. The van der Waals surface area contributed by atoms with Crippen molar-refractivity contribution in [3.63, 3.8) is 0 Å². The first-order chi connectivity index (χ1) is 12.0. The quantitative estimate of drug-likeness (QED) is 0.660. The molecule has 2 heterocycles. The van der Waals surface area contributed by atoms with Crippen LogP contribution in [0.5, 0.6) is 0 Å². The molecule has 0 bridgehead atoms. The van der Waals surface area contributed by atoms with Gasteiger partial charge in [-0.1, -0.05) is 36.7 Å². The summed E-state index contributed by atoms with van der Waals surface area (Å²) in [6, 6.07) is 9.38. The van der Waals surface area contributed by atoms with Crippen LogP contribution in [0.3, 0.4) is 0 Å². The normalized spacial score (nSPS) is 11.5. The van der Waals surface area contributed by atoms with E-state index in [1.54, 1.807) is 22.7 Å². The van der Waals surface area contributed by atoms with Crippen LogP contribution >= 0.6 is 11.6 Å². The van der Waals surface area contributed by atoms with Crippen molar-refractivity contribution in [1.29, 1.82) is 0 Å². The van der Waals surface area contributed by atoms with E-state index in [0.29, 0.717) is 22.2 Å². The monoisotopic (exact) mass is 356 g/mol. The first-order valence-electron chi connectivity index (χ1n) is 7.88. The fourth-order valence-corrected chi connectivity index (χ4v) is 2.83. The molecule has 25 heavy (non-hydrogen) atoms. The second-order valence-corrected chi connectivity index (χ2v) is 6.10. The van der Waals surface area contributed by atoms with Gasteiger partial charge in [0.15, 0.2) is 5.82 Å². The molecule has 0 radical (unpaired) electrons. The highest BCUT2D eigenvalue weighted by molar-refractivity contribution is 6.30. The van der Waals surface area contributed by atoms with E-state index in [-0.39, 0.29) is 6.42 Å². The number of fused-ring (bicyclic) bond motifs is 1. The smallest absolute Gasteiger partial charge is 0.309 e. The fraction of sp³-hybridized carbons (Fsp3) is 0.222. The van der Waals surface area contributed by atoms with Crippen LogP contribution in [0, 0.1) is 6.92 Å². The number of aryl methyl sites for hydroxylation is 2. The van der Waals surface area contributed by atoms with Gasteiger partial charge in [-0.2, -0.15) is 0 Å². The molecule has 3 aromatic rings. The Morgan fingerprint density at radius 3 is 2.80 bits per heavy atom. The van der Waals surface area contributed by atoms with Gasteiger partial charge in [0, 0.05) is 6.20 Å². The average Bonchev–Trinajstić information content (AvgIpc) is 2.89. The summed E-state index contributed by atoms with van der Waals surface area (Å²) in [6.07, 6.45) is 2.25. The van der Waals surface area contributed by atoms with Gasteiger partial charge in [-0.05, 0) is 36.6 Å². The number of rotatable bonds is 5. The second kappa shape index (κ2) is 7.03. The van der Waals surface area contributed by atoms with Crippen molar-refractivity contribution >= 4 is 34.7 Å². The molecule has 0 saturated heterocycles. The van der Waals surface area contributed by atoms with E-state index in [0.717, 1.165) is 23.2 Å². The molecule has 6 nitrogen and oxygen atoms in total. The summed E-state index contributed by atoms with van der Waals surface area (Å²) >= 11 is 6.06. The minimum atomic E-state index is -0.976. The number of hydrogen-bond acceptors (Lipinski definition) is 4. The molecule has 7 heteroatoms. The van der Waals surface area contributed by atoms with E-state index in [1.807, 2.05) is 25.1 Å². The topological polar surface area (TPSA) is 79.3 Å². The molecule has 2 aromatic heterocycles. The van der Waals surface area contributed by atoms with Crippen molar-refractivity contribution in [1.82, 2.24) is 9.38 Å². The molecule has 0 unspecified atom stereocenters. The van der Waals surface area contributed by atoms with Crippen LogP contribution in [0.2, 0.25) is 5.02 Å². The van der Waals surface area contributed by atoms with Crippen LogP contribution in [0.15, 0.2) is 46.8 Å². The predicted octanol–water partition coefficient (Wildman–Crippen LogP) is 4.90. The SMILES string of the molecule is CCc1cccc(C)c1N=Nc1c(CC(=O)O)nc2ccc(Cl)cn12. The zero-order valence-electron chi connectivity index (χ0n) is 13.9. The number of benzene rings is 1. The fourth-order valence-electron chi connectivity index (χ4n) is 2.67. The maximum atomic E-state index is 11.1. The van der Waals surface area contributed by atoms with Crippen molar-refractivity contribution in [2.75, 3.05) is 0 Å². The van der Waals surface area contributed by atoms with Gasteiger partial charge in [0.1, 0.15) is 5.65 Å². The zero-order chi connectivity index (χ0) is 18.0. The molecular weight excluding hydrogens is 340 g/mol. The predicted molar refractivity (Wildman–Crippen MR) is 96.3 cm³/mol. The molecule has 0 fully saturated rings. The number of halogens is 1. The number of nitrogens with zero attached hydrogens (tertiary/aromatic N) is 4. The molecule has 1 aromatic carbocycles.